The van der Waals surface area contributed by atoms with Crippen LogP contribution in [0, 0.1) is 10.8 Å². The summed E-state index contributed by atoms with van der Waals surface area (Å²) >= 11 is 10.5. The topological polar surface area (TPSA) is 9.23 Å². The molecule has 102 valence electrons. The van der Waals surface area contributed by atoms with Crippen LogP contribution in [0.2, 0.25) is 0 Å². The summed E-state index contributed by atoms with van der Waals surface area (Å²) in [5, 5.41) is 0. The van der Waals surface area contributed by atoms with E-state index >= 15 is 0 Å². The molecule has 0 radical (unpaired) electrons. The van der Waals surface area contributed by atoms with Gasteiger partial charge in [-0.15, -0.1) is 11.6 Å². The maximum atomic E-state index is 6.66. The van der Waals surface area contributed by atoms with Gasteiger partial charge in [-0.2, -0.15) is 0 Å². The summed E-state index contributed by atoms with van der Waals surface area (Å²) < 4.78 is 6.38. The number of rotatable bonds is 0. The SMILES string of the molecule is C=C1CC[C@@H]2O[C@H]3C[C@](C)(Cl)[C@H](Br)C[C@]13C2(C)C. The maximum Gasteiger partial charge on any atom is 0.0695 e. The highest BCUT2D eigenvalue weighted by atomic mass is 79.9. The van der Waals surface area contributed by atoms with E-state index in [0.717, 1.165) is 25.7 Å². The van der Waals surface area contributed by atoms with E-state index in [4.69, 9.17) is 16.3 Å². The molecule has 1 spiro atoms. The number of hydrogen-bond donors (Lipinski definition) is 0. The van der Waals surface area contributed by atoms with Crippen LogP contribution in [0.3, 0.4) is 0 Å². The first kappa shape index (κ1) is 13.5. The van der Waals surface area contributed by atoms with Crippen molar-refractivity contribution in [3.05, 3.63) is 12.2 Å². The third-order valence-corrected chi connectivity index (χ3v) is 7.93. The minimum Gasteiger partial charge on any atom is -0.373 e. The molecule has 3 fully saturated rings. The lowest BCUT2D eigenvalue weighted by Crippen LogP contribution is -2.55. The second-order valence-electron chi connectivity index (χ2n) is 7.10. The van der Waals surface area contributed by atoms with Crippen LogP contribution in [0.4, 0.5) is 0 Å². The molecule has 0 unspecified atom stereocenters. The Morgan fingerprint density at radius 1 is 1.28 bits per heavy atom. The second kappa shape index (κ2) is 3.77. The summed E-state index contributed by atoms with van der Waals surface area (Å²) in [6.45, 7) is 11.2. The minimum atomic E-state index is -0.205. The molecular formula is C15H22BrClO. The average molecular weight is 334 g/mol. The summed E-state index contributed by atoms with van der Waals surface area (Å²) in [4.78, 5) is 0.128. The highest BCUT2D eigenvalue weighted by Crippen LogP contribution is 2.68. The smallest absolute Gasteiger partial charge is 0.0695 e. The van der Waals surface area contributed by atoms with Gasteiger partial charge in [0.25, 0.3) is 0 Å². The lowest BCUT2D eigenvalue weighted by atomic mass is 9.50. The normalized spacial score (nSPS) is 54.3. The van der Waals surface area contributed by atoms with Crippen molar-refractivity contribution >= 4 is 27.5 Å². The van der Waals surface area contributed by atoms with E-state index < -0.39 is 0 Å². The van der Waals surface area contributed by atoms with Gasteiger partial charge in [0.05, 0.1) is 17.1 Å². The van der Waals surface area contributed by atoms with Crippen LogP contribution in [0.15, 0.2) is 12.2 Å². The van der Waals surface area contributed by atoms with Crippen LogP contribution in [-0.4, -0.2) is 21.9 Å². The van der Waals surface area contributed by atoms with Gasteiger partial charge in [-0.3, -0.25) is 0 Å². The monoisotopic (exact) mass is 332 g/mol. The molecule has 0 aromatic carbocycles. The predicted molar refractivity (Wildman–Crippen MR) is 79.5 cm³/mol. The van der Waals surface area contributed by atoms with Crippen molar-refractivity contribution in [2.75, 3.05) is 0 Å². The van der Waals surface area contributed by atoms with Crippen molar-refractivity contribution in [2.24, 2.45) is 10.8 Å². The lowest BCUT2D eigenvalue weighted by molar-refractivity contribution is 0.000826. The van der Waals surface area contributed by atoms with Gasteiger partial charge >= 0.3 is 0 Å². The number of alkyl halides is 2. The molecular weight excluding hydrogens is 312 g/mol. The van der Waals surface area contributed by atoms with E-state index in [1.807, 2.05) is 0 Å². The van der Waals surface area contributed by atoms with Crippen LogP contribution in [0.1, 0.15) is 46.5 Å². The largest absolute Gasteiger partial charge is 0.373 e. The molecule has 18 heavy (non-hydrogen) atoms. The average Bonchev–Trinajstić information content (AvgIpc) is 2.38. The molecule has 3 aliphatic rings. The van der Waals surface area contributed by atoms with E-state index in [2.05, 4.69) is 43.3 Å². The van der Waals surface area contributed by atoms with Crippen molar-refractivity contribution in [1.82, 2.24) is 0 Å². The Morgan fingerprint density at radius 3 is 2.61 bits per heavy atom. The maximum absolute atomic E-state index is 6.66. The summed E-state index contributed by atoms with van der Waals surface area (Å²) in [5.74, 6) is 0. The number of ether oxygens (including phenoxy) is 1. The fourth-order valence-corrected chi connectivity index (χ4v) is 5.49. The molecule has 1 heterocycles. The number of halogens is 2. The molecule has 2 aliphatic carbocycles. The summed E-state index contributed by atoms with van der Waals surface area (Å²) in [6.07, 6.45) is 4.84. The van der Waals surface area contributed by atoms with Crippen LogP contribution in [0.5, 0.6) is 0 Å². The van der Waals surface area contributed by atoms with E-state index in [0.29, 0.717) is 10.9 Å². The Bertz CT molecular complexity index is 403. The Labute approximate surface area is 123 Å². The van der Waals surface area contributed by atoms with E-state index in [1.165, 1.54) is 5.57 Å². The molecule has 3 heteroatoms. The number of hydrogen-bond acceptors (Lipinski definition) is 1. The van der Waals surface area contributed by atoms with Crippen molar-refractivity contribution in [3.63, 3.8) is 0 Å². The Kier molecular flexibility index (Phi) is 2.82. The molecule has 2 saturated carbocycles. The Balaban J connectivity index is 2.08. The molecule has 5 atom stereocenters. The minimum absolute atomic E-state index is 0.123. The van der Waals surface area contributed by atoms with Gasteiger partial charge in [-0.1, -0.05) is 41.9 Å². The summed E-state index contributed by atoms with van der Waals surface area (Å²) in [6, 6.07) is 0. The van der Waals surface area contributed by atoms with E-state index in [9.17, 15) is 0 Å². The summed E-state index contributed by atoms with van der Waals surface area (Å²) in [7, 11) is 0. The van der Waals surface area contributed by atoms with Gasteiger partial charge in [-0.25, -0.2) is 0 Å². The third kappa shape index (κ3) is 1.43. The van der Waals surface area contributed by atoms with Gasteiger partial charge in [-0.05, 0) is 32.6 Å². The first-order chi connectivity index (χ1) is 8.22. The Hall–Kier alpha value is 0.470. The van der Waals surface area contributed by atoms with Crippen LogP contribution < -0.4 is 0 Å². The van der Waals surface area contributed by atoms with Crippen LogP contribution >= 0.6 is 27.5 Å². The second-order valence-corrected chi connectivity index (χ2v) is 9.07. The summed E-state index contributed by atoms with van der Waals surface area (Å²) in [5.41, 5.74) is 1.70. The molecule has 0 aromatic heterocycles. The quantitative estimate of drug-likeness (QED) is 0.462. The van der Waals surface area contributed by atoms with Crippen molar-refractivity contribution < 1.29 is 4.74 Å². The first-order valence-electron chi connectivity index (χ1n) is 6.88. The zero-order chi connectivity index (χ0) is 13.3. The zero-order valence-corrected chi connectivity index (χ0v) is 13.8. The third-order valence-electron chi connectivity index (χ3n) is 5.91. The van der Waals surface area contributed by atoms with Crippen molar-refractivity contribution in [2.45, 2.75) is 68.4 Å². The van der Waals surface area contributed by atoms with Crippen molar-refractivity contribution in [1.29, 1.82) is 0 Å². The molecule has 1 saturated heterocycles. The highest BCUT2D eigenvalue weighted by Gasteiger charge is 2.68. The predicted octanol–water partition coefficient (Wildman–Crippen LogP) is 4.67. The van der Waals surface area contributed by atoms with Gasteiger partial charge in [0, 0.05) is 15.7 Å². The lowest BCUT2D eigenvalue weighted by Gasteiger charge is -2.55. The fraction of sp³-hybridized carbons (Fsp3) is 0.867. The number of fused-ring (bicyclic) bond motifs is 1. The first-order valence-corrected chi connectivity index (χ1v) is 8.18. The fourth-order valence-electron chi connectivity index (χ4n) is 4.57. The van der Waals surface area contributed by atoms with E-state index in [1.54, 1.807) is 0 Å². The standard InChI is InChI=1S/C15H22BrClO/c1-9-5-6-11-13(2,3)15(9)7-10(16)14(4,17)8-12(15)18-11/h10-12H,1,5-8H2,2-4H3/t10-,11+,12+,14+,15+/m1/s1. The molecule has 3 rings (SSSR count). The van der Waals surface area contributed by atoms with Gasteiger partial charge in [0.15, 0.2) is 0 Å². The van der Waals surface area contributed by atoms with Gasteiger partial charge in [0.2, 0.25) is 0 Å². The van der Waals surface area contributed by atoms with Gasteiger partial charge in [0.1, 0.15) is 0 Å². The molecule has 1 nitrogen and oxygen atoms in total. The molecule has 0 aromatic rings. The zero-order valence-electron chi connectivity index (χ0n) is 11.4. The molecule has 0 N–H and O–H groups in total. The molecule has 0 amide bonds. The van der Waals surface area contributed by atoms with E-state index in [-0.39, 0.29) is 21.8 Å². The van der Waals surface area contributed by atoms with Crippen LogP contribution in [-0.2, 0) is 4.74 Å². The van der Waals surface area contributed by atoms with Crippen molar-refractivity contribution in [3.8, 4) is 0 Å². The van der Waals surface area contributed by atoms with Crippen LogP contribution in [0.25, 0.3) is 0 Å². The highest BCUT2D eigenvalue weighted by molar-refractivity contribution is 9.09. The Morgan fingerprint density at radius 2 is 1.94 bits per heavy atom. The molecule has 2 bridgehead atoms. The molecule has 1 aliphatic heterocycles. The van der Waals surface area contributed by atoms with Gasteiger partial charge < -0.3 is 4.74 Å².